The van der Waals surface area contributed by atoms with Crippen LogP contribution in [-0.2, 0) is 39.9 Å². The molecule has 1 aromatic carbocycles. The van der Waals surface area contributed by atoms with Gasteiger partial charge in [0.25, 0.3) is 0 Å². The third-order valence-corrected chi connectivity index (χ3v) is 7.45. The zero-order valence-corrected chi connectivity index (χ0v) is 30.6. The highest BCUT2D eigenvalue weighted by Gasteiger charge is 2.36. The minimum Gasteiger partial charge on any atom is -0.467 e. The van der Waals surface area contributed by atoms with E-state index in [1.807, 2.05) is 30.3 Å². The predicted molar refractivity (Wildman–Crippen MR) is 182 cm³/mol. The van der Waals surface area contributed by atoms with E-state index in [1.165, 1.54) is 7.11 Å². The fraction of sp³-hybridized carbons (Fsp3) is 0.657. The van der Waals surface area contributed by atoms with Gasteiger partial charge >= 0.3 is 12.1 Å². The number of carbonyl (C=O) groups excluding carboxylic acids is 6. The molecule has 13 nitrogen and oxygen atoms in total. The Labute approximate surface area is 285 Å². The molecule has 13 heteroatoms. The van der Waals surface area contributed by atoms with Crippen molar-refractivity contribution in [2.75, 3.05) is 7.11 Å². The molecule has 0 aliphatic carbocycles. The molecular weight excluding hydrogens is 618 g/mol. The molecule has 0 aliphatic rings. The summed E-state index contributed by atoms with van der Waals surface area (Å²) in [6.07, 6.45) is -0.573. The van der Waals surface area contributed by atoms with Gasteiger partial charge in [-0.3, -0.25) is 19.2 Å². The van der Waals surface area contributed by atoms with Crippen LogP contribution in [0.2, 0.25) is 0 Å². The van der Waals surface area contributed by atoms with Gasteiger partial charge in [0.15, 0.2) is 0 Å². The summed E-state index contributed by atoms with van der Waals surface area (Å²) < 4.78 is 10.2. The summed E-state index contributed by atoms with van der Waals surface area (Å²) >= 11 is 0. The maximum absolute atomic E-state index is 13.6. The molecule has 0 radical (unpaired) electrons. The average molecular weight is 676 g/mol. The van der Waals surface area contributed by atoms with Gasteiger partial charge in [-0.1, -0.05) is 85.7 Å². The van der Waals surface area contributed by atoms with Crippen LogP contribution in [0.15, 0.2) is 30.3 Å². The summed E-state index contributed by atoms with van der Waals surface area (Å²) in [5.41, 5.74) is 0.0445. The molecule has 1 aromatic rings. The number of methoxy groups -OCH3 is 1. The lowest BCUT2D eigenvalue weighted by molar-refractivity contribution is -0.145. The Kier molecular flexibility index (Phi) is 16.6. The molecule has 5 amide bonds. The molecule has 5 N–H and O–H groups in total. The van der Waals surface area contributed by atoms with E-state index in [2.05, 4.69) is 26.6 Å². The Bertz CT molecular complexity index is 1240. The van der Waals surface area contributed by atoms with Crippen molar-refractivity contribution in [2.24, 2.45) is 23.7 Å². The molecule has 0 saturated carbocycles. The highest BCUT2D eigenvalue weighted by Crippen LogP contribution is 2.13. The second kappa shape index (κ2) is 19.0. The Hall–Kier alpha value is -4.16. The largest absolute Gasteiger partial charge is 0.467 e. The fourth-order valence-corrected chi connectivity index (χ4v) is 4.75. The number of nitrogens with one attached hydrogen (secondary N) is 5. The number of esters is 1. The molecule has 270 valence electrons. The van der Waals surface area contributed by atoms with Crippen molar-refractivity contribution in [3.05, 3.63) is 35.9 Å². The number of amides is 5. The van der Waals surface area contributed by atoms with Gasteiger partial charge in [0.2, 0.25) is 23.6 Å². The normalized spacial score (nSPS) is 14.8. The molecule has 1 rings (SSSR count). The predicted octanol–water partition coefficient (Wildman–Crippen LogP) is 2.86. The van der Waals surface area contributed by atoms with Crippen LogP contribution in [-0.4, -0.2) is 78.6 Å². The van der Waals surface area contributed by atoms with Gasteiger partial charge in [0.1, 0.15) is 35.8 Å². The number of rotatable bonds is 16. The van der Waals surface area contributed by atoms with E-state index in [-0.39, 0.29) is 24.2 Å². The van der Waals surface area contributed by atoms with E-state index in [0.717, 1.165) is 5.56 Å². The number of hydrogen-bond acceptors (Lipinski definition) is 8. The topological polar surface area (TPSA) is 181 Å². The number of ether oxygens (including phenoxy) is 2. The van der Waals surface area contributed by atoms with Crippen molar-refractivity contribution in [3.63, 3.8) is 0 Å². The van der Waals surface area contributed by atoms with Crippen molar-refractivity contribution < 1.29 is 38.2 Å². The first-order valence-electron chi connectivity index (χ1n) is 16.5. The first-order chi connectivity index (χ1) is 22.2. The summed E-state index contributed by atoms with van der Waals surface area (Å²) in [6, 6.07) is 4.02. The third kappa shape index (κ3) is 13.9. The van der Waals surface area contributed by atoms with Crippen LogP contribution in [0, 0.1) is 23.7 Å². The minimum atomic E-state index is -1.06. The highest BCUT2D eigenvalue weighted by atomic mass is 16.6. The molecule has 0 heterocycles. The minimum absolute atomic E-state index is 0.190. The molecule has 0 fully saturated rings. The van der Waals surface area contributed by atoms with Gasteiger partial charge in [-0.05, 0) is 50.0 Å². The lowest BCUT2D eigenvalue weighted by Crippen LogP contribution is -2.62. The van der Waals surface area contributed by atoms with Crippen molar-refractivity contribution in [2.45, 2.75) is 118 Å². The first-order valence-corrected chi connectivity index (χ1v) is 16.5. The second-order valence-electron chi connectivity index (χ2n) is 14.3. The Morgan fingerprint density at radius 2 is 0.938 bits per heavy atom. The average Bonchev–Trinajstić information content (AvgIpc) is 2.97. The van der Waals surface area contributed by atoms with Gasteiger partial charge in [0.05, 0.1) is 7.11 Å². The summed E-state index contributed by atoms with van der Waals surface area (Å²) in [5.74, 6) is -4.48. The molecule has 0 bridgehead atoms. The van der Waals surface area contributed by atoms with Crippen molar-refractivity contribution in [3.8, 4) is 0 Å². The summed E-state index contributed by atoms with van der Waals surface area (Å²) in [6.45, 7) is 19.1. The van der Waals surface area contributed by atoms with Crippen LogP contribution in [0.25, 0.3) is 0 Å². The molecular formula is C35H57N5O8. The Balaban J connectivity index is 3.11. The standard InChI is InChI=1S/C35H57N5O8/c1-19(2)25(29(41)36-24(33(45)47-12)18-23-16-14-13-15-17-23)37-30(42)26(20(3)4)38-31(43)27(21(5)6)39-32(44)28(22(7)8)40-34(46)48-35(9,10)11/h13-17,19-22,24-28H,18H2,1-12H3,(H,36,41)(H,37,42)(H,38,43)(H,39,44)(H,40,46)/t24-,25+,26+,27-,28-/m0/s1. The van der Waals surface area contributed by atoms with Crippen LogP contribution in [0.5, 0.6) is 0 Å². The summed E-state index contributed by atoms with van der Waals surface area (Å²) in [4.78, 5) is 78.9. The first kappa shape index (κ1) is 41.9. The van der Waals surface area contributed by atoms with E-state index >= 15 is 0 Å². The van der Waals surface area contributed by atoms with E-state index in [9.17, 15) is 28.8 Å². The zero-order valence-electron chi connectivity index (χ0n) is 30.6. The van der Waals surface area contributed by atoms with Gasteiger partial charge in [-0.15, -0.1) is 0 Å². The smallest absolute Gasteiger partial charge is 0.408 e. The maximum Gasteiger partial charge on any atom is 0.408 e. The number of carbonyl (C=O) groups is 6. The molecule has 5 atom stereocenters. The Morgan fingerprint density at radius 3 is 1.27 bits per heavy atom. The number of hydrogen-bond donors (Lipinski definition) is 5. The van der Waals surface area contributed by atoms with Gasteiger partial charge in [-0.2, -0.15) is 0 Å². The van der Waals surface area contributed by atoms with Crippen LogP contribution >= 0.6 is 0 Å². The van der Waals surface area contributed by atoms with Crippen LogP contribution in [0.1, 0.15) is 81.7 Å². The third-order valence-electron chi connectivity index (χ3n) is 7.45. The quantitative estimate of drug-likeness (QED) is 0.166. The number of alkyl carbamates (subject to hydrolysis) is 1. The van der Waals surface area contributed by atoms with Crippen LogP contribution in [0.3, 0.4) is 0 Å². The van der Waals surface area contributed by atoms with Crippen LogP contribution in [0.4, 0.5) is 4.79 Å². The lowest BCUT2D eigenvalue weighted by atomic mass is 9.97. The van der Waals surface area contributed by atoms with Crippen molar-refractivity contribution >= 4 is 35.7 Å². The lowest BCUT2D eigenvalue weighted by Gasteiger charge is -2.31. The molecule has 0 aliphatic heterocycles. The SMILES string of the molecule is COC(=O)[C@H](Cc1ccccc1)NC(=O)[C@H](NC(=O)[C@H](NC(=O)[C@@H](NC(=O)[C@@H](NC(=O)OC(C)(C)C)C(C)C)C(C)C)C(C)C)C(C)C. The van der Waals surface area contributed by atoms with E-state index < -0.39 is 77.4 Å². The fourth-order valence-electron chi connectivity index (χ4n) is 4.75. The Morgan fingerprint density at radius 1 is 0.583 bits per heavy atom. The summed E-state index contributed by atoms with van der Waals surface area (Å²) in [5, 5.41) is 13.5. The van der Waals surface area contributed by atoms with E-state index in [4.69, 9.17) is 9.47 Å². The summed E-state index contributed by atoms with van der Waals surface area (Å²) in [7, 11) is 1.23. The second-order valence-corrected chi connectivity index (χ2v) is 14.3. The highest BCUT2D eigenvalue weighted by molar-refractivity contribution is 5.96. The number of benzene rings is 1. The monoisotopic (exact) mass is 675 g/mol. The molecule has 0 aromatic heterocycles. The molecule has 0 saturated heterocycles. The van der Waals surface area contributed by atoms with Crippen molar-refractivity contribution in [1.82, 2.24) is 26.6 Å². The molecule has 0 spiro atoms. The van der Waals surface area contributed by atoms with E-state index in [1.54, 1.807) is 76.2 Å². The van der Waals surface area contributed by atoms with Gasteiger partial charge < -0.3 is 36.1 Å². The zero-order chi connectivity index (χ0) is 36.9. The molecule has 48 heavy (non-hydrogen) atoms. The van der Waals surface area contributed by atoms with Crippen LogP contribution < -0.4 is 26.6 Å². The van der Waals surface area contributed by atoms with Crippen molar-refractivity contribution in [1.29, 1.82) is 0 Å². The van der Waals surface area contributed by atoms with Gasteiger partial charge in [0, 0.05) is 6.42 Å². The molecule has 0 unspecified atom stereocenters. The van der Waals surface area contributed by atoms with Gasteiger partial charge in [-0.25, -0.2) is 9.59 Å². The maximum atomic E-state index is 13.6. The van der Waals surface area contributed by atoms with E-state index in [0.29, 0.717) is 0 Å².